The van der Waals surface area contributed by atoms with Crippen LogP contribution in [0.2, 0.25) is 0 Å². The lowest BCUT2D eigenvalue weighted by Crippen LogP contribution is -2.46. The molecule has 0 saturated heterocycles. The van der Waals surface area contributed by atoms with Gasteiger partial charge in [0.25, 0.3) is 0 Å². The van der Waals surface area contributed by atoms with Crippen LogP contribution < -0.4 is 16.0 Å². The summed E-state index contributed by atoms with van der Waals surface area (Å²) in [6, 6.07) is -1.28. The van der Waals surface area contributed by atoms with Gasteiger partial charge in [-0.3, -0.25) is 4.79 Å². The number of hydrazine groups is 1. The number of carbonyl (C=O) groups excluding carboxylic acids is 1. The number of aliphatic carboxylic acids is 1. The van der Waals surface area contributed by atoms with Gasteiger partial charge in [-0.05, 0) is 27.2 Å². The smallest absolute Gasteiger partial charge is 0.422 e. The largest absolute Gasteiger partial charge is 0.480 e. The number of carboxylic acids is 1. The van der Waals surface area contributed by atoms with Crippen LogP contribution in [-0.4, -0.2) is 43.0 Å². The molecule has 19 heavy (non-hydrogen) atoms. The van der Waals surface area contributed by atoms with E-state index in [9.17, 15) is 18.0 Å². The first kappa shape index (κ1) is 17.6. The molecule has 0 rings (SSSR count). The summed E-state index contributed by atoms with van der Waals surface area (Å²) in [5.41, 5.74) is 6.24. The first-order valence-electron chi connectivity index (χ1n) is 5.40. The normalized spacial score (nSPS) is 13.7. The molecule has 10 heteroatoms. The third kappa shape index (κ3) is 9.22. The Bertz CT molecular complexity index is 428. The minimum absolute atomic E-state index is 0.277. The lowest BCUT2D eigenvalue weighted by molar-refractivity contribution is -0.138. The van der Waals surface area contributed by atoms with E-state index in [4.69, 9.17) is 15.6 Å². The van der Waals surface area contributed by atoms with Gasteiger partial charge in [0, 0.05) is 0 Å². The van der Waals surface area contributed by atoms with Crippen molar-refractivity contribution in [1.82, 2.24) is 10.3 Å². The van der Waals surface area contributed by atoms with Crippen molar-refractivity contribution in [1.29, 1.82) is 0 Å². The molecular formula is C9H19N3O6S. The van der Waals surface area contributed by atoms with Gasteiger partial charge in [-0.1, -0.05) is 0 Å². The van der Waals surface area contributed by atoms with Crippen molar-refractivity contribution >= 4 is 22.1 Å². The molecule has 0 aliphatic carbocycles. The molecule has 0 bridgehead atoms. The van der Waals surface area contributed by atoms with Gasteiger partial charge in [0.15, 0.2) is 0 Å². The zero-order chi connectivity index (χ0) is 15.3. The van der Waals surface area contributed by atoms with Gasteiger partial charge in [0.2, 0.25) is 10.0 Å². The van der Waals surface area contributed by atoms with E-state index >= 15 is 0 Å². The molecule has 0 heterocycles. The molecule has 0 aliphatic heterocycles. The highest BCUT2D eigenvalue weighted by Gasteiger charge is 2.20. The minimum Gasteiger partial charge on any atom is -0.480 e. The van der Waals surface area contributed by atoms with Gasteiger partial charge < -0.3 is 15.6 Å². The van der Waals surface area contributed by atoms with Gasteiger partial charge in [-0.2, -0.15) is 0 Å². The van der Waals surface area contributed by atoms with Crippen molar-refractivity contribution in [3.05, 3.63) is 0 Å². The monoisotopic (exact) mass is 297 g/mol. The summed E-state index contributed by atoms with van der Waals surface area (Å²) >= 11 is 0. The van der Waals surface area contributed by atoms with E-state index in [-0.39, 0.29) is 6.42 Å². The highest BCUT2D eigenvalue weighted by atomic mass is 32.2. The van der Waals surface area contributed by atoms with E-state index in [1.165, 1.54) is 0 Å². The molecule has 0 unspecified atom stereocenters. The van der Waals surface area contributed by atoms with Gasteiger partial charge in [0.05, 0.1) is 5.75 Å². The number of hydrogen-bond acceptors (Lipinski definition) is 6. The number of hydrogen-bond donors (Lipinski definition) is 4. The van der Waals surface area contributed by atoms with E-state index in [0.29, 0.717) is 0 Å². The van der Waals surface area contributed by atoms with E-state index < -0.39 is 39.5 Å². The van der Waals surface area contributed by atoms with Crippen molar-refractivity contribution in [2.24, 2.45) is 5.73 Å². The molecule has 0 aromatic heterocycles. The van der Waals surface area contributed by atoms with E-state index in [2.05, 4.69) is 0 Å². The molecule has 0 fully saturated rings. The maximum Gasteiger partial charge on any atom is 0.422 e. The van der Waals surface area contributed by atoms with Crippen LogP contribution in [0.15, 0.2) is 0 Å². The predicted molar refractivity (Wildman–Crippen MR) is 66.5 cm³/mol. The molecule has 1 amide bonds. The number of rotatable bonds is 6. The third-order valence-corrected chi connectivity index (χ3v) is 2.91. The van der Waals surface area contributed by atoms with Crippen LogP contribution in [-0.2, 0) is 19.6 Å². The van der Waals surface area contributed by atoms with Crippen LogP contribution in [0.25, 0.3) is 0 Å². The molecule has 9 nitrogen and oxygen atoms in total. The average Bonchev–Trinajstić information content (AvgIpc) is 2.21. The van der Waals surface area contributed by atoms with Crippen LogP contribution in [0.5, 0.6) is 0 Å². The van der Waals surface area contributed by atoms with Crippen LogP contribution in [0.3, 0.4) is 0 Å². The molecule has 0 aliphatic rings. The summed E-state index contributed by atoms with van der Waals surface area (Å²) in [4.78, 5) is 23.4. The summed E-state index contributed by atoms with van der Waals surface area (Å²) in [7, 11) is -3.87. The third-order valence-electron chi connectivity index (χ3n) is 1.72. The number of nitrogens with two attached hydrogens (primary N) is 1. The summed E-state index contributed by atoms with van der Waals surface area (Å²) < 4.78 is 27.6. The number of carboxylic acid groups (broad SMARTS) is 1. The SMILES string of the molecule is CC(C)(C)OC(=O)NNS(=O)(=O)CC[C@H](N)C(=O)O. The molecule has 5 N–H and O–H groups in total. The Kier molecular flexibility index (Phi) is 6.19. The Morgan fingerprint density at radius 2 is 1.89 bits per heavy atom. The highest BCUT2D eigenvalue weighted by molar-refractivity contribution is 7.89. The van der Waals surface area contributed by atoms with E-state index in [0.717, 1.165) is 0 Å². The van der Waals surface area contributed by atoms with Crippen molar-refractivity contribution in [2.75, 3.05) is 5.75 Å². The Morgan fingerprint density at radius 3 is 2.32 bits per heavy atom. The maximum absolute atomic E-state index is 11.4. The topological polar surface area (TPSA) is 148 Å². The van der Waals surface area contributed by atoms with Gasteiger partial charge in [-0.15, -0.1) is 4.83 Å². The summed E-state index contributed by atoms with van der Waals surface area (Å²) in [5, 5.41) is 8.49. The fourth-order valence-corrected chi connectivity index (χ4v) is 1.78. The van der Waals surface area contributed by atoms with Crippen molar-refractivity contribution in [3.63, 3.8) is 0 Å². The zero-order valence-corrected chi connectivity index (χ0v) is 11.8. The second kappa shape index (κ2) is 6.68. The summed E-state index contributed by atoms with van der Waals surface area (Å²) in [6.07, 6.45) is -1.24. The maximum atomic E-state index is 11.4. The second-order valence-electron chi connectivity index (χ2n) is 4.78. The zero-order valence-electron chi connectivity index (χ0n) is 11.0. The number of carbonyl (C=O) groups is 2. The lowest BCUT2D eigenvalue weighted by atomic mass is 10.2. The number of ether oxygens (including phenoxy) is 1. The highest BCUT2D eigenvalue weighted by Crippen LogP contribution is 2.06. The number of nitrogens with one attached hydrogen (secondary N) is 2. The summed E-state index contributed by atoms with van der Waals surface area (Å²) in [6.45, 7) is 4.85. The van der Waals surface area contributed by atoms with Crippen molar-refractivity contribution < 1.29 is 27.9 Å². The molecule has 0 aromatic carbocycles. The van der Waals surface area contributed by atoms with Gasteiger partial charge in [0.1, 0.15) is 11.6 Å². The van der Waals surface area contributed by atoms with E-state index in [1.807, 2.05) is 5.43 Å². The molecule has 0 aromatic rings. The van der Waals surface area contributed by atoms with Crippen LogP contribution in [0.4, 0.5) is 4.79 Å². The Morgan fingerprint density at radius 1 is 1.37 bits per heavy atom. The molecular weight excluding hydrogens is 278 g/mol. The molecule has 112 valence electrons. The first-order chi connectivity index (χ1) is 8.43. The minimum atomic E-state index is -3.87. The molecule has 1 atom stereocenters. The van der Waals surface area contributed by atoms with Gasteiger partial charge >= 0.3 is 12.1 Å². The molecule has 0 saturated carbocycles. The molecule has 0 spiro atoms. The number of amides is 1. The lowest BCUT2D eigenvalue weighted by Gasteiger charge is -2.19. The second-order valence-corrected chi connectivity index (χ2v) is 6.62. The fourth-order valence-electron chi connectivity index (χ4n) is 0.880. The predicted octanol–water partition coefficient (Wildman–Crippen LogP) is -0.852. The van der Waals surface area contributed by atoms with Crippen LogP contribution in [0.1, 0.15) is 27.2 Å². The van der Waals surface area contributed by atoms with Crippen LogP contribution >= 0.6 is 0 Å². The molecule has 0 radical (unpaired) electrons. The standard InChI is InChI=1S/C9H19N3O6S/c1-9(2,3)18-8(15)11-12-19(16,17)5-4-6(10)7(13)14/h6,12H,4-5,10H2,1-3H3,(H,11,15)(H,13,14)/t6-/m0/s1. The van der Waals surface area contributed by atoms with Crippen molar-refractivity contribution in [2.45, 2.75) is 38.8 Å². The Balaban J connectivity index is 4.18. The number of sulfonamides is 1. The summed E-state index contributed by atoms with van der Waals surface area (Å²) in [5.74, 6) is -1.83. The van der Waals surface area contributed by atoms with Crippen LogP contribution in [0, 0.1) is 0 Å². The van der Waals surface area contributed by atoms with Crippen molar-refractivity contribution in [3.8, 4) is 0 Å². The fraction of sp³-hybridized carbons (Fsp3) is 0.778. The Hall–Kier alpha value is -1.39. The quantitative estimate of drug-likeness (QED) is 0.466. The van der Waals surface area contributed by atoms with Gasteiger partial charge in [-0.25, -0.2) is 18.6 Å². The average molecular weight is 297 g/mol. The van der Waals surface area contributed by atoms with E-state index in [1.54, 1.807) is 25.6 Å². The first-order valence-corrected chi connectivity index (χ1v) is 7.05. The Labute approximate surface area is 111 Å².